The number of fused-ring (bicyclic) bond motifs is 1. The van der Waals surface area contributed by atoms with Crippen molar-refractivity contribution < 1.29 is 4.39 Å². The maximum absolute atomic E-state index is 14.8. The monoisotopic (exact) mass is 353 g/mol. The van der Waals surface area contributed by atoms with Crippen molar-refractivity contribution in [2.24, 2.45) is 0 Å². The minimum Gasteiger partial charge on any atom is -0.256 e. The Kier molecular flexibility index (Phi) is 4.55. The first kappa shape index (κ1) is 17.2. The first-order valence-corrected chi connectivity index (χ1v) is 8.99. The fourth-order valence-corrected chi connectivity index (χ4v) is 3.49. The Morgan fingerprint density at radius 3 is 2.85 bits per heavy atom. The van der Waals surface area contributed by atoms with Crippen LogP contribution in [0.15, 0.2) is 74.0 Å². The molecule has 0 atom stereocenters. The van der Waals surface area contributed by atoms with E-state index < -0.39 is 0 Å². The molecule has 4 rings (SSSR count). The number of halogens is 1. The number of pyridine rings is 1. The first-order chi connectivity index (χ1) is 13.2. The maximum atomic E-state index is 14.8. The zero-order valence-corrected chi connectivity index (χ0v) is 15.1. The highest BCUT2D eigenvalue weighted by Crippen LogP contribution is 2.29. The van der Waals surface area contributed by atoms with Crippen LogP contribution in [0.25, 0.3) is 29.0 Å². The summed E-state index contributed by atoms with van der Waals surface area (Å²) < 4.78 is 14.8. The van der Waals surface area contributed by atoms with Crippen molar-refractivity contribution in [3.05, 3.63) is 108 Å². The van der Waals surface area contributed by atoms with E-state index in [0.717, 1.165) is 23.1 Å². The topological polar surface area (TPSA) is 12.9 Å². The summed E-state index contributed by atoms with van der Waals surface area (Å²) in [5.74, 6) is -0.299. The zero-order chi connectivity index (χ0) is 18.8. The Labute approximate surface area is 159 Å². The van der Waals surface area contributed by atoms with Gasteiger partial charge in [0.1, 0.15) is 5.82 Å². The van der Waals surface area contributed by atoms with Gasteiger partial charge >= 0.3 is 0 Å². The lowest BCUT2D eigenvalue weighted by atomic mass is 9.95. The van der Waals surface area contributed by atoms with Gasteiger partial charge in [-0.2, -0.15) is 0 Å². The summed E-state index contributed by atoms with van der Waals surface area (Å²) in [4.78, 5) is 4.32. The molecule has 132 valence electrons. The minimum atomic E-state index is -0.299. The van der Waals surface area contributed by atoms with Gasteiger partial charge in [0.2, 0.25) is 0 Å². The third kappa shape index (κ3) is 3.39. The number of benzene rings is 2. The average Bonchev–Trinajstić information content (AvgIpc) is 3.15. The van der Waals surface area contributed by atoms with Gasteiger partial charge < -0.3 is 0 Å². The van der Waals surface area contributed by atoms with Gasteiger partial charge in [-0.1, -0.05) is 61.7 Å². The molecule has 1 aliphatic rings. The van der Waals surface area contributed by atoms with E-state index in [1.54, 1.807) is 24.4 Å². The van der Waals surface area contributed by atoms with Crippen molar-refractivity contribution in [2.75, 3.05) is 0 Å². The number of rotatable bonds is 5. The number of aromatic nitrogens is 1. The van der Waals surface area contributed by atoms with Crippen LogP contribution in [0, 0.1) is 5.82 Å². The lowest BCUT2D eigenvalue weighted by molar-refractivity contribution is 0.630. The molecule has 0 N–H and O–H groups in total. The molecular formula is C25H20FN. The highest BCUT2D eigenvalue weighted by molar-refractivity contribution is 5.74. The molecule has 1 aliphatic carbocycles. The maximum Gasteiger partial charge on any atom is 0.133 e. The van der Waals surface area contributed by atoms with E-state index in [1.807, 2.05) is 18.2 Å². The van der Waals surface area contributed by atoms with Crippen LogP contribution in [0.2, 0.25) is 0 Å². The fraction of sp³-hybridized carbons (Fsp3) is 0.0800. The number of hydrogen-bond donors (Lipinski definition) is 0. The van der Waals surface area contributed by atoms with Crippen LogP contribution in [0.5, 0.6) is 0 Å². The quantitative estimate of drug-likeness (QED) is 0.520. The summed E-state index contributed by atoms with van der Waals surface area (Å²) in [5.41, 5.74) is 7.41. The van der Waals surface area contributed by atoms with Gasteiger partial charge in [0.25, 0.3) is 0 Å². The second kappa shape index (κ2) is 7.16. The molecule has 0 aliphatic heterocycles. The molecule has 0 spiro atoms. The standard InChI is InChI=1S/C25H20FN/c1-3-19-8-5-13-27-25(19)23-12-11-21(16-24(23)26)17(2)14-18-9-10-20-6-4-7-22(20)15-18/h3-5,7-13,15-16H,1-2,6,14H2. The molecule has 1 aromatic heterocycles. The molecule has 0 radical (unpaired) electrons. The Bertz CT molecular complexity index is 1080. The Morgan fingerprint density at radius 1 is 1.15 bits per heavy atom. The second-order valence-corrected chi connectivity index (χ2v) is 6.76. The van der Waals surface area contributed by atoms with Crippen LogP contribution in [-0.4, -0.2) is 4.98 Å². The molecule has 0 bridgehead atoms. The minimum absolute atomic E-state index is 0.299. The normalized spacial score (nSPS) is 12.0. The summed E-state index contributed by atoms with van der Waals surface area (Å²) in [6.45, 7) is 7.96. The van der Waals surface area contributed by atoms with Crippen molar-refractivity contribution in [2.45, 2.75) is 12.8 Å². The van der Waals surface area contributed by atoms with E-state index in [9.17, 15) is 4.39 Å². The molecule has 1 heterocycles. The highest BCUT2D eigenvalue weighted by Gasteiger charge is 2.12. The van der Waals surface area contributed by atoms with Crippen LogP contribution in [-0.2, 0) is 12.8 Å². The smallest absolute Gasteiger partial charge is 0.133 e. The van der Waals surface area contributed by atoms with Crippen molar-refractivity contribution >= 4 is 17.7 Å². The molecule has 0 saturated heterocycles. The molecule has 1 nitrogen and oxygen atoms in total. The van der Waals surface area contributed by atoms with Crippen molar-refractivity contribution in [3.8, 4) is 11.3 Å². The Balaban J connectivity index is 1.59. The molecule has 0 unspecified atom stereocenters. The van der Waals surface area contributed by atoms with Gasteiger partial charge in [0.15, 0.2) is 0 Å². The van der Waals surface area contributed by atoms with Gasteiger partial charge in [0, 0.05) is 17.3 Å². The SMILES string of the molecule is C=Cc1cccnc1-c1ccc(C(=C)Cc2ccc3c(c2)C=CC3)cc1F. The van der Waals surface area contributed by atoms with Gasteiger partial charge in [-0.3, -0.25) is 4.98 Å². The number of hydrogen-bond acceptors (Lipinski definition) is 1. The summed E-state index contributed by atoms with van der Waals surface area (Å²) in [6.07, 6.45) is 9.38. The third-order valence-electron chi connectivity index (χ3n) is 4.95. The lowest BCUT2D eigenvalue weighted by Gasteiger charge is -2.11. The van der Waals surface area contributed by atoms with Crippen LogP contribution >= 0.6 is 0 Å². The van der Waals surface area contributed by atoms with Crippen molar-refractivity contribution in [1.29, 1.82) is 0 Å². The van der Waals surface area contributed by atoms with Crippen LogP contribution in [0.1, 0.15) is 27.8 Å². The first-order valence-electron chi connectivity index (χ1n) is 8.99. The average molecular weight is 353 g/mol. The van der Waals surface area contributed by atoms with Gasteiger partial charge in [-0.05, 0) is 58.9 Å². The lowest BCUT2D eigenvalue weighted by Crippen LogP contribution is -1.95. The van der Waals surface area contributed by atoms with Crippen molar-refractivity contribution in [3.63, 3.8) is 0 Å². The van der Waals surface area contributed by atoms with Gasteiger partial charge in [-0.25, -0.2) is 4.39 Å². The van der Waals surface area contributed by atoms with E-state index in [4.69, 9.17) is 0 Å². The molecule has 27 heavy (non-hydrogen) atoms. The molecule has 0 amide bonds. The predicted octanol–water partition coefficient (Wildman–Crippen LogP) is 6.36. The van der Waals surface area contributed by atoms with Crippen LogP contribution in [0.3, 0.4) is 0 Å². The van der Waals surface area contributed by atoms with E-state index in [1.165, 1.54) is 16.7 Å². The van der Waals surface area contributed by atoms with E-state index >= 15 is 0 Å². The molecule has 3 aromatic rings. The fourth-order valence-electron chi connectivity index (χ4n) is 3.49. The van der Waals surface area contributed by atoms with Gasteiger partial charge in [-0.15, -0.1) is 0 Å². The van der Waals surface area contributed by atoms with E-state index in [2.05, 4.69) is 48.5 Å². The van der Waals surface area contributed by atoms with Crippen LogP contribution in [0.4, 0.5) is 4.39 Å². The summed E-state index contributed by atoms with van der Waals surface area (Å²) in [5, 5.41) is 0. The largest absolute Gasteiger partial charge is 0.256 e. The summed E-state index contributed by atoms with van der Waals surface area (Å²) in [7, 11) is 0. The number of nitrogens with zero attached hydrogens (tertiary/aromatic N) is 1. The third-order valence-corrected chi connectivity index (χ3v) is 4.95. The second-order valence-electron chi connectivity index (χ2n) is 6.76. The summed E-state index contributed by atoms with van der Waals surface area (Å²) >= 11 is 0. The molecule has 0 saturated carbocycles. The predicted molar refractivity (Wildman–Crippen MR) is 112 cm³/mol. The Morgan fingerprint density at radius 2 is 2.04 bits per heavy atom. The van der Waals surface area contributed by atoms with Crippen LogP contribution < -0.4 is 0 Å². The molecule has 0 fully saturated rings. The summed E-state index contributed by atoms with van der Waals surface area (Å²) in [6, 6.07) is 15.4. The zero-order valence-electron chi connectivity index (χ0n) is 15.1. The Hall–Kier alpha value is -3.26. The van der Waals surface area contributed by atoms with Crippen molar-refractivity contribution in [1.82, 2.24) is 4.98 Å². The van der Waals surface area contributed by atoms with E-state index in [-0.39, 0.29) is 5.82 Å². The number of allylic oxidation sites excluding steroid dienone is 2. The van der Waals surface area contributed by atoms with Gasteiger partial charge in [0.05, 0.1) is 5.69 Å². The molecule has 2 aromatic carbocycles. The molecule has 2 heteroatoms. The highest BCUT2D eigenvalue weighted by atomic mass is 19.1. The molecular weight excluding hydrogens is 333 g/mol. The van der Waals surface area contributed by atoms with E-state index in [0.29, 0.717) is 17.7 Å².